The molecule has 2 heterocycles. The molecule has 4 nitrogen and oxygen atoms in total. The van der Waals surface area contributed by atoms with E-state index in [0.29, 0.717) is 18.1 Å². The smallest absolute Gasteiger partial charge is 0.191 e. The van der Waals surface area contributed by atoms with Crippen LogP contribution in [0.2, 0.25) is 0 Å². The van der Waals surface area contributed by atoms with Crippen molar-refractivity contribution in [2.75, 3.05) is 19.6 Å². The Morgan fingerprint density at radius 3 is 2.75 bits per heavy atom. The Kier molecular flexibility index (Phi) is 4.04. The third-order valence-electron chi connectivity index (χ3n) is 3.25. The van der Waals surface area contributed by atoms with Crippen molar-refractivity contribution < 1.29 is 4.74 Å². The fraction of sp³-hybridized carbons (Fsp3) is 0.917. The molecule has 4 heteroatoms. The van der Waals surface area contributed by atoms with E-state index in [9.17, 15) is 0 Å². The largest absolute Gasteiger partial charge is 0.376 e. The number of hydrogen-bond acceptors (Lipinski definition) is 4. The van der Waals surface area contributed by atoms with E-state index in [1.165, 1.54) is 0 Å². The van der Waals surface area contributed by atoms with Crippen LogP contribution in [0.3, 0.4) is 0 Å². The van der Waals surface area contributed by atoms with Crippen LogP contribution in [0.4, 0.5) is 0 Å². The van der Waals surface area contributed by atoms with Crippen LogP contribution in [0.15, 0.2) is 4.99 Å². The molecule has 2 unspecified atom stereocenters. The topological polar surface area (TPSA) is 45.7 Å². The summed E-state index contributed by atoms with van der Waals surface area (Å²) in [5, 5.41) is 6.70. The Morgan fingerprint density at radius 2 is 2.12 bits per heavy atom. The van der Waals surface area contributed by atoms with Crippen molar-refractivity contribution in [3.05, 3.63) is 0 Å². The summed E-state index contributed by atoms with van der Waals surface area (Å²) < 4.78 is 5.73. The van der Waals surface area contributed by atoms with Crippen LogP contribution in [-0.2, 0) is 4.74 Å². The van der Waals surface area contributed by atoms with Gasteiger partial charge in [0.15, 0.2) is 5.96 Å². The summed E-state index contributed by atoms with van der Waals surface area (Å²) in [6.07, 6.45) is 4.26. The zero-order valence-electron chi connectivity index (χ0n) is 10.3. The van der Waals surface area contributed by atoms with Gasteiger partial charge in [-0.2, -0.15) is 0 Å². The Labute approximate surface area is 97.9 Å². The number of hydrogen-bond donors (Lipinski definition) is 2. The summed E-state index contributed by atoms with van der Waals surface area (Å²) in [7, 11) is 0. The fourth-order valence-corrected chi connectivity index (χ4v) is 2.60. The molecule has 0 aromatic carbocycles. The average Bonchev–Trinajstić information content (AvgIpc) is 2.27. The third kappa shape index (κ3) is 3.37. The van der Waals surface area contributed by atoms with Gasteiger partial charge in [0.25, 0.3) is 0 Å². The number of nitrogens with zero attached hydrogens (tertiary/aromatic N) is 1. The number of nitrogens with one attached hydrogen (secondary N) is 2. The van der Waals surface area contributed by atoms with Crippen LogP contribution in [0, 0.1) is 5.92 Å². The second kappa shape index (κ2) is 5.53. The number of rotatable bonds is 2. The van der Waals surface area contributed by atoms with Gasteiger partial charge in [-0.1, -0.05) is 0 Å². The van der Waals surface area contributed by atoms with Crippen molar-refractivity contribution in [2.45, 2.75) is 45.3 Å². The molecule has 2 atom stereocenters. The van der Waals surface area contributed by atoms with E-state index in [1.54, 1.807) is 0 Å². The van der Waals surface area contributed by atoms with Crippen molar-refractivity contribution in [1.29, 1.82) is 0 Å². The maximum Gasteiger partial charge on any atom is 0.191 e. The van der Waals surface area contributed by atoms with Gasteiger partial charge in [0.05, 0.1) is 12.2 Å². The van der Waals surface area contributed by atoms with Gasteiger partial charge in [-0.3, -0.25) is 4.99 Å². The van der Waals surface area contributed by atoms with E-state index in [4.69, 9.17) is 4.74 Å². The Balaban J connectivity index is 1.74. The average molecular weight is 225 g/mol. The molecule has 0 aromatic heterocycles. The van der Waals surface area contributed by atoms with Gasteiger partial charge in [-0.15, -0.1) is 0 Å². The second-order valence-electron chi connectivity index (χ2n) is 4.99. The predicted molar refractivity (Wildman–Crippen MR) is 65.7 cm³/mol. The van der Waals surface area contributed by atoms with E-state index >= 15 is 0 Å². The van der Waals surface area contributed by atoms with E-state index in [0.717, 1.165) is 44.9 Å². The molecule has 2 N–H and O–H groups in total. The van der Waals surface area contributed by atoms with Gasteiger partial charge in [0, 0.05) is 19.6 Å². The number of aliphatic imine (C=N–C) groups is 1. The van der Waals surface area contributed by atoms with Gasteiger partial charge in [0.1, 0.15) is 0 Å². The summed E-state index contributed by atoms with van der Waals surface area (Å²) in [5.74, 6) is 1.70. The molecule has 16 heavy (non-hydrogen) atoms. The van der Waals surface area contributed by atoms with E-state index in [2.05, 4.69) is 29.5 Å². The number of guanidine groups is 1. The lowest BCUT2D eigenvalue weighted by molar-refractivity contribution is -0.0509. The summed E-state index contributed by atoms with van der Waals surface area (Å²) in [6.45, 7) is 7.35. The maximum atomic E-state index is 5.73. The highest BCUT2D eigenvalue weighted by molar-refractivity contribution is 5.80. The molecule has 0 aromatic rings. The van der Waals surface area contributed by atoms with Gasteiger partial charge in [-0.05, 0) is 39.0 Å². The van der Waals surface area contributed by atoms with Gasteiger partial charge in [0.2, 0.25) is 0 Å². The minimum absolute atomic E-state index is 0.400. The quantitative estimate of drug-likeness (QED) is 0.740. The fourth-order valence-electron chi connectivity index (χ4n) is 2.60. The molecule has 1 saturated heterocycles. The molecule has 0 bridgehead atoms. The molecule has 0 spiro atoms. The van der Waals surface area contributed by atoms with Gasteiger partial charge >= 0.3 is 0 Å². The molecule has 2 aliphatic heterocycles. The SMILES string of the molecule is CC1CC(CNC2=NCCCN2)CC(C)O1. The van der Waals surface area contributed by atoms with E-state index in [1.807, 2.05) is 0 Å². The molecule has 0 radical (unpaired) electrons. The Hall–Kier alpha value is -0.770. The van der Waals surface area contributed by atoms with Crippen molar-refractivity contribution >= 4 is 5.96 Å². The summed E-state index contributed by atoms with van der Waals surface area (Å²) >= 11 is 0. The zero-order valence-corrected chi connectivity index (χ0v) is 10.3. The predicted octanol–water partition coefficient (Wildman–Crippen LogP) is 1.13. The first-order valence-electron chi connectivity index (χ1n) is 6.41. The lowest BCUT2D eigenvalue weighted by Crippen LogP contribution is -2.44. The van der Waals surface area contributed by atoms with Crippen LogP contribution < -0.4 is 10.6 Å². The van der Waals surface area contributed by atoms with Crippen molar-refractivity contribution in [1.82, 2.24) is 10.6 Å². The van der Waals surface area contributed by atoms with E-state index in [-0.39, 0.29) is 0 Å². The summed E-state index contributed by atoms with van der Waals surface area (Å²) in [4.78, 5) is 4.42. The van der Waals surface area contributed by atoms with Gasteiger partial charge < -0.3 is 15.4 Å². The van der Waals surface area contributed by atoms with Crippen molar-refractivity contribution in [2.24, 2.45) is 10.9 Å². The molecule has 0 amide bonds. The van der Waals surface area contributed by atoms with Crippen LogP contribution in [-0.4, -0.2) is 37.8 Å². The molecule has 2 aliphatic rings. The van der Waals surface area contributed by atoms with Crippen LogP contribution in [0.1, 0.15) is 33.1 Å². The minimum atomic E-state index is 0.400. The first kappa shape index (κ1) is 11.7. The Morgan fingerprint density at radius 1 is 1.38 bits per heavy atom. The van der Waals surface area contributed by atoms with Crippen LogP contribution >= 0.6 is 0 Å². The molecular weight excluding hydrogens is 202 g/mol. The van der Waals surface area contributed by atoms with Gasteiger partial charge in [-0.25, -0.2) is 0 Å². The minimum Gasteiger partial charge on any atom is -0.376 e. The third-order valence-corrected chi connectivity index (χ3v) is 3.25. The van der Waals surface area contributed by atoms with Crippen LogP contribution in [0.5, 0.6) is 0 Å². The standard InChI is InChI=1S/C12H23N3O/c1-9-6-11(7-10(2)16-9)8-15-12-13-4-3-5-14-12/h9-11H,3-8H2,1-2H3,(H2,13,14,15). The maximum absolute atomic E-state index is 5.73. The zero-order chi connectivity index (χ0) is 11.4. The molecule has 1 fully saturated rings. The van der Waals surface area contributed by atoms with Crippen LogP contribution in [0.25, 0.3) is 0 Å². The molecule has 2 rings (SSSR count). The van der Waals surface area contributed by atoms with E-state index < -0.39 is 0 Å². The highest BCUT2D eigenvalue weighted by Crippen LogP contribution is 2.23. The highest BCUT2D eigenvalue weighted by atomic mass is 16.5. The normalized spacial score (nSPS) is 35.1. The second-order valence-corrected chi connectivity index (χ2v) is 4.99. The number of ether oxygens (including phenoxy) is 1. The lowest BCUT2D eigenvalue weighted by Gasteiger charge is -2.32. The summed E-state index contributed by atoms with van der Waals surface area (Å²) in [6, 6.07) is 0. The van der Waals surface area contributed by atoms with Crippen molar-refractivity contribution in [3.8, 4) is 0 Å². The highest BCUT2D eigenvalue weighted by Gasteiger charge is 2.24. The first-order valence-corrected chi connectivity index (χ1v) is 6.41. The molecule has 92 valence electrons. The van der Waals surface area contributed by atoms with Crippen molar-refractivity contribution in [3.63, 3.8) is 0 Å². The summed E-state index contributed by atoms with van der Waals surface area (Å²) in [5.41, 5.74) is 0. The lowest BCUT2D eigenvalue weighted by atomic mass is 9.92. The molecular formula is C12H23N3O. The molecule has 0 aliphatic carbocycles. The Bertz CT molecular complexity index is 245. The molecule has 0 saturated carbocycles. The monoisotopic (exact) mass is 225 g/mol. The first-order chi connectivity index (χ1) is 7.74.